The summed E-state index contributed by atoms with van der Waals surface area (Å²) in [4.78, 5) is 14.6. The molecule has 4 rings (SSSR count). The average Bonchev–Trinajstić information content (AvgIpc) is 3.34. The summed E-state index contributed by atoms with van der Waals surface area (Å²) >= 11 is 6.14. The minimum Gasteiger partial charge on any atom is -0.473 e. The van der Waals surface area contributed by atoms with Gasteiger partial charge in [-0.3, -0.25) is 4.90 Å². The highest BCUT2D eigenvalue weighted by molar-refractivity contribution is 6.29. The molecule has 0 N–H and O–H groups in total. The van der Waals surface area contributed by atoms with Crippen molar-refractivity contribution in [1.29, 1.82) is 0 Å². The number of likely N-dealkylation sites (tertiary alicyclic amines) is 1. The maximum atomic E-state index is 14.4. The van der Waals surface area contributed by atoms with Gasteiger partial charge in [0.25, 0.3) is 0 Å². The van der Waals surface area contributed by atoms with E-state index in [1.807, 2.05) is 18.9 Å². The van der Waals surface area contributed by atoms with Crippen LogP contribution in [0.1, 0.15) is 38.6 Å². The van der Waals surface area contributed by atoms with Gasteiger partial charge in [0.2, 0.25) is 23.4 Å². The molecule has 7 nitrogen and oxygen atoms in total. The predicted octanol–water partition coefficient (Wildman–Crippen LogP) is 4.59. The quantitative estimate of drug-likeness (QED) is 0.476. The van der Waals surface area contributed by atoms with E-state index in [1.165, 1.54) is 12.1 Å². The molecule has 176 valence electrons. The third-order valence-electron chi connectivity index (χ3n) is 5.82. The van der Waals surface area contributed by atoms with Gasteiger partial charge in [-0.1, -0.05) is 22.8 Å². The van der Waals surface area contributed by atoms with E-state index in [4.69, 9.17) is 20.9 Å². The van der Waals surface area contributed by atoms with Crippen LogP contribution in [0.5, 0.6) is 5.88 Å². The molecule has 0 saturated carbocycles. The topological polar surface area (TPSA) is 77.2 Å². The zero-order valence-corrected chi connectivity index (χ0v) is 19.3. The monoisotopic (exact) mass is 481 g/mol. The van der Waals surface area contributed by atoms with Crippen LogP contribution in [-0.2, 0) is 5.41 Å². The Morgan fingerprint density at radius 3 is 2.52 bits per heavy atom. The number of alkyl halides is 1. The van der Waals surface area contributed by atoms with Crippen molar-refractivity contribution in [3.8, 4) is 17.5 Å². The number of rotatable bonds is 6. The molecule has 1 aliphatic heterocycles. The van der Waals surface area contributed by atoms with Gasteiger partial charge >= 0.3 is 0 Å². The first-order chi connectivity index (χ1) is 15.6. The molecule has 1 aromatic carbocycles. The number of likely N-dealkylation sites (N-methyl/N-ethyl adjacent to an activating group) is 1. The zero-order valence-electron chi connectivity index (χ0n) is 18.5. The number of hydrogen-bond acceptors (Lipinski definition) is 7. The Bertz CT molecular complexity index is 1140. The molecule has 0 radical (unpaired) electrons. The zero-order chi connectivity index (χ0) is 23.9. The summed E-state index contributed by atoms with van der Waals surface area (Å²) in [6.07, 6.45) is -0.909. The fourth-order valence-corrected chi connectivity index (χ4v) is 4.28. The molecule has 3 heterocycles. The normalized spacial score (nSPS) is 20.2. The lowest BCUT2D eigenvalue weighted by molar-refractivity contribution is 0.117. The highest BCUT2D eigenvalue weighted by Gasteiger charge is 2.36. The Morgan fingerprint density at radius 1 is 1.18 bits per heavy atom. The van der Waals surface area contributed by atoms with Crippen molar-refractivity contribution >= 4 is 11.6 Å². The molecule has 3 atom stereocenters. The third kappa shape index (κ3) is 4.67. The smallest absolute Gasteiger partial charge is 0.240 e. The van der Waals surface area contributed by atoms with Crippen molar-refractivity contribution in [2.45, 2.75) is 50.9 Å². The summed E-state index contributed by atoms with van der Waals surface area (Å²) in [7, 11) is 1.84. The van der Waals surface area contributed by atoms with E-state index in [-0.39, 0.29) is 46.3 Å². The van der Waals surface area contributed by atoms with Crippen molar-refractivity contribution in [3.05, 3.63) is 52.5 Å². The number of halogens is 4. The van der Waals surface area contributed by atoms with Crippen molar-refractivity contribution in [2.75, 3.05) is 13.6 Å². The molecule has 0 spiro atoms. The summed E-state index contributed by atoms with van der Waals surface area (Å²) in [6, 6.07) is 4.92. The van der Waals surface area contributed by atoms with Crippen LogP contribution in [0.2, 0.25) is 5.15 Å². The Morgan fingerprint density at radius 2 is 1.88 bits per heavy atom. The molecular weight excluding hydrogens is 459 g/mol. The SMILES string of the molecule is C[C@H](Oc1cc(Cl)nc(-c2noc(C(C)(C)c3c(F)cccc3F)n2)n1)[C@@H]1C[C@@H](F)CN1C. The molecule has 1 aliphatic rings. The minimum absolute atomic E-state index is 0.0170. The molecule has 0 bridgehead atoms. The molecule has 3 aromatic rings. The second-order valence-electron chi connectivity index (χ2n) is 8.66. The highest BCUT2D eigenvalue weighted by atomic mass is 35.5. The molecule has 0 unspecified atom stereocenters. The van der Waals surface area contributed by atoms with Gasteiger partial charge in [0.1, 0.15) is 29.1 Å². The molecule has 0 aliphatic carbocycles. The maximum Gasteiger partial charge on any atom is 0.240 e. The lowest BCUT2D eigenvalue weighted by atomic mass is 9.83. The minimum atomic E-state index is -1.26. The van der Waals surface area contributed by atoms with Crippen LogP contribution in [0.4, 0.5) is 13.2 Å². The fraction of sp³-hybridized carbons (Fsp3) is 0.455. The van der Waals surface area contributed by atoms with Gasteiger partial charge in [-0.05, 0) is 46.4 Å². The van der Waals surface area contributed by atoms with E-state index in [9.17, 15) is 13.2 Å². The summed E-state index contributed by atoms with van der Waals surface area (Å²) in [5, 5.41) is 3.95. The Balaban J connectivity index is 1.60. The fourth-order valence-electron chi connectivity index (χ4n) is 4.11. The van der Waals surface area contributed by atoms with Gasteiger partial charge in [-0.25, -0.2) is 18.2 Å². The second-order valence-corrected chi connectivity index (χ2v) is 9.05. The Labute approximate surface area is 193 Å². The number of hydrogen-bond donors (Lipinski definition) is 0. The van der Waals surface area contributed by atoms with Crippen LogP contribution in [0.25, 0.3) is 11.6 Å². The van der Waals surface area contributed by atoms with Gasteiger partial charge in [-0.2, -0.15) is 9.97 Å². The molecule has 0 amide bonds. The van der Waals surface area contributed by atoms with E-state index >= 15 is 0 Å². The van der Waals surface area contributed by atoms with Crippen LogP contribution in [0.3, 0.4) is 0 Å². The lowest BCUT2D eigenvalue weighted by Crippen LogP contribution is -2.38. The van der Waals surface area contributed by atoms with Gasteiger partial charge in [-0.15, -0.1) is 0 Å². The van der Waals surface area contributed by atoms with Gasteiger partial charge < -0.3 is 9.26 Å². The summed E-state index contributed by atoms with van der Waals surface area (Å²) in [6.45, 7) is 5.30. The maximum absolute atomic E-state index is 14.4. The number of ether oxygens (including phenoxy) is 1. The van der Waals surface area contributed by atoms with E-state index in [2.05, 4.69) is 20.1 Å². The first-order valence-corrected chi connectivity index (χ1v) is 10.8. The lowest BCUT2D eigenvalue weighted by Gasteiger charge is -2.25. The molecule has 2 aromatic heterocycles. The largest absolute Gasteiger partial charge is 0.473 e. The van der Waals surface area contributed by atoms with Crippen molar-refractivity contribution in [1.82, 2.24) is 25.0 Å². The molecule has 1 saturated heterocycles. The highest BCUT2D eigenvalue weighted by Crippen LogP contribution is 2.35. The first-order valence-electron chi connectivity index (χ1n) is 10.4. The summed E-state index contributed by atoms with van der Waals surface area (Å²) in [5.74, 6) is -1.31. The van der Waals surface area contributed by atoms with Gasteiger partial charge in [0.05, 0.1) is 5.41 Å². The Kier molecular flexibility index (Phi) is 6.32. The second kappa shape index (κ2) is 8.90. The Hall–Kier alpha value is -2.72. The predicted molar refractivity (Wildman–Crippen MR) is 115 cm³/mol. The van der Waals surface area contributed by atoms with Crippen LogP contribution >= 0.6 is 11.6 Å². The van der Waals surface area contributed by atoms with E-state index in [0.717, 1.165) is 12.1 Å². The molecule has 11 heteroatoms. The van der Waals surface area contributed by atoms with E-state index < -0.39 is 23.2 Å². The number of nitrogens with zero attached hydrogens (tertiary/aromatic N) is 5. The van der Waals surface area contributed by atoms with Crippen molar-refractivity contribution in [3.63, 3.8) is 0 Å². The number of aromatic nitrogens is 4. The standard InChI is InChI=1S/C22H23ClF3N5O2/c1-11(15-8-12(24)10-31(15)4)32-17-9-16(23)27-19(28-17)20-29-21(33-30-20)22(2,3)18-13(25)6-5-7-14(18)26/h5-7,9,11-12,15H,8,10H2,1-4H3/t11-,12+,15-/m0/s1. The van der Waals surface area contributed by atoms with Crippen LogP contribution in [-0.4, -0.2) is 56.9 Å². The first kappa shape index (κ1) is 23.4. The van der Waals surface area contributed by atoms with E-state index in [0.29, 0.717) is 13.0 Å². The van der Waals surface area contributed by atoms with Crippen LogP contribution in [0.15, 0.2) is 28.8 Å². The van der Waals surface area contributed by atoms with Gasteiger partial charge in [0.15, 0.2) is 0 Å². The summed E-state index contributed by atoms with van der Waals surface area (Å²) in [5.41, 5.74) is -1.46. The van der Waals surface area contributed by atoms with Crippen LogP contribution < -0.4 is 4.74 Å². The molecular formula is C22H23ClF3N5O2. The summed E-state index contributed by atoms with van der Waals surface area (Å²) < 4.78 is 53.6. The molecule has 1 fully saturated rings. The van der Waals surface area contributed by atoms with Crippen molar-refractivity contribution in [2.24, 2.45) is 0 Å². The third-order valence-corrected chi connectivity index (χ3v) is 6.01. The average molecular weight is 482 g/mol. The van der Waals surface area contributed by atoms with E-state index in [1.54, 1.807) is 13.8 Å². The van der Waals surface area contributed by atoms with Crippen LogP contribution in [0, 0.1) is 11.6 Å². The number of benzene rings is 1. The molecule has 33 heavy (non-hydrogen) atoms. The van der Waals surface area contributed by atoms with Gasteiger partial charge in [0, 0.05) is 24.2 Å². The van der Waals surface area contributed by atoms with Crippen molar-refractivity contribution < 1.29 is 22.4 Å².